The molecule has 0 unspecified atom stereocenters. The Labute approximate surface area is 195 Å². The molecule has 0 radical (unpaired) electrons. The standard InChI is InChI=1S/C28H24N2S2/c1-5-13-25-21(9-1)22-10-2-6-14-26(22)29(25)17-19-31-32-20-18-30-27-15-7-3-11-23(27)24-12-4-8-16-28(24)30/h1-16H,17-20H2. The monoisotopic (exact) mass is 452 g/mol. The lowest BCUT2D eigenvalue weighted by Gasteiger charge is -2.09. The summed E-state index contributed by atoms with van der Waals surface area (Å²) >= 11 is 0. The van der Waals surface area contributed by atoms with Crippen molar-refractivity contribution in [3.8, 4) is 0 Å². The van der Waals surface area contributed by atoms with Gasteiger partial charge in [0.15, 0.2) is 0 Å². The Morgan fingerprint density at radius 2 is 0.688 bits per heavy atom. The normalized spacial score (nSPS) is 11.9. The number of nitrogens with zero attached hydrogens (tertiary/aromatic N) is 2. The van der Waals surface area contributed by atoms with E-state index in [-0.39, 0.29) is 0 Å². The smallest absolute Gasteiger partial charge is 0.0491 e. The fraction of sp³-hybridized carbons (Fsp3) is 0.143. The molecule has 0 aliphatic carbocycles. The number of aromatic nitrogens is 2. The zero-order chi connectivity index (χ0) is 21.3. The molecule has 32 heavy (non-hydrogen) atoms. The third-order valence-corrected chi connectivity index (χ3v) is 8.60. The average Bonchev–Trinajstić information content (AvgIpc) is 3.35. The highest BCUT2D eigenvalue weighted by molar-refractivity contribution is 8.76. The number of aryl methyl sites for hydroxylation is 2. The van der Waals surface area contributed by atoms with Gasteiger partial charge in [0.1, 0.15) is 0 Å². The van der Waals surface area contributed by atoms with Crippen LogP contribution in [-0.4, -0.2) is 20.6 Å². The van der Waals surface area contributed by atoms with E-state index in [1.54, 1.807) is 0 Å². The molecule has 6 aromatic rings. The van der Waals surface area contributed by atoms with Crippen LogP contribution < -0.4 is 0 Å². The maximum absolute atomic E-state index is 2.48. The van der Waals surface area contributed by atoms with E-state index in [1.807, 2.05) is 21.6 Å². The second kappa shape index (κ2) is 8.61. The Balaban J connectivity index is 1.14. The van der Waals surface area contributed by atoms with E-state index in [2.05, 4.69) is 106 Å². The maximum Gasteiger partial charge on any atom is 0.0491 e. The van der Waals surface area contributed by atoms with Crippen molar-refractivity contribution in [1.82, 2.24) is 9.13 Å². The molecule has 0 spiro atoms. The van der Waals surface area contributed by atoms with Crippen LogP contribution in [-0.2, 0) is 13.1 Å². The molecule has 158 valence electrons. The third kappa shape index (κ3) is 3.39. The van der Waals surface area contributed by atoms with Gasteiger partial charge in [0.2, 0.25) is 0 Å². The van der Waals surface area contributed by atoms with Crippen molar-refractivity contribution in [3.63, 3.8) is 0 Å². The van der Waals surface area contributed by atoms with Gasteiger partial charge in [-0.15, -0.1) is 0 Å². The molecule has 0 atom stereocenters. The molecule has 6 rings (SSSR count). The summed E-state index contributed by atoms with van der Waals surface area (Å²) in [6.45, 7) is 2.06. The minimum Gasteiger partial charge on any atom is -0.340 e. The maximum atomic E-state index is 2.48. The van der Waals surface area contributed by atoms with Crippen molar-refractivity contribution < 1.29 is 0 Å². The van der Waals surface area contributed by atoms with Gasteiger partial charge < -0.3 is 9.13 Å². The number of fused-ring (bicyclic) bond motifs is 6. The molecule has 4 heteroatoms. The number of hydrogen-bond acceptors (Lipinski definition) is 2. The number of hydrogen-bond donors (Lipinski definition) is 0. The molecule has 4 aromatic carbocycles. The molecule has 0 N–H and O–H groups in total. The van der Waals surface area contributed by atoms with Gasteiger partial charge in [0.25, 0.3) is 0 Å². The quantitative estimate of drug-likeness (QED) is 0.179. The van der Waals surface area contributed by atoms with Crippen LogP contribution in [0, 0.1) is 0 Å². The predicted molar refractivity (Wildman–Crippen MR) is 144 cm³/mol. The highest BCUT2D eigenvalue weighted by Crippen LogP contribution is 2.32. The van der Waals surface area contributed by atoms with Crippen molar-refractivity contribution in [2.75, 3.05) is 11.5 Å². The van der Waals surface area contributed by atoms with Crippen LogP contribution in [0.5, 0.6) is 0 Å². The number of para-hydroxylation sites is 4. The first-order valence-electron chi connectivity index (χ1n) is 11.1. The molecular formula is C28H24N2S2. The highest BCUT2D eigenvalue weighted by atomic mass is 33.1. The first kappa shape index (κ1) is 19.8. The van der Waals surface area contributed by atoms with E-state index in [1.165, 1.54) is 43.6 Å². The molecule has 2 heterocycles. The van der Waals surface area contributed by atoms with E-state index >= 15 is 0 Å². The van der Waals surface area contributed by atoms with Crippen molar-refractivity contribution in [2.24, 2.45) is 0 Å². The summed E-state index contributed by atoms with van der Waals surface area (Å²) in [6, 6.07) is 35.1. The lowest BCUT2D eigenvalue weighted by molar-refractivity contribution is 0.837. The van der Waals surface area contributed by atoms with E-state index in [4.69, 9.17) is 0 Å². The summed E-state index contributed by atoms with van der Waals surface area (Å²) in [6.07, 6.45) is 0. The van der Waals surface area contributed by atoms with E-state index < -0.39 is 0 Å². The number of benzene rings is 4. The molecule has 0 fully saturated rings. The Hall–Kier alpha value is -2.82. The topological polar surface area (TPSA) is 9.86 Å². The van der Waals surface area contributed by atoms with Crippen molar-refractivity contribution in [3.05, 3.63) is 97.1 Å². The minimum atomic E-state index is 1.03. The van der Waals surface area contributed by atoms with Gasteiger partial charge in [-0.25, -0.2) is 0 Å². The lowest BCUT2D eigenvalue weighted by atomic mass is 10.2. The summed E-state index contributed by atoms with van der Waals surface area (Å²) in [7, 11) is 3.97. The predicted octanol–water partition coefficient (Wildman–Crippen LogP) is 7.98. The van der Waals surface area contributed by atoms with Crippen LogP contribution in [0.15, 0.2) is 97.1 Å². The van der Waals surface area contributed by atoms with Gasteiger partial charge in [0.05, 0.1) is 0 Å². The van der Waals surface area contributed by atoms with Crippen LogP contribution >= 0.6 is 21.6 Å². The average molecular weight is 453 g/mol. The van der Waals surface area contributed by atoms with Crippen LogP contribution in [0.2, 0.25) is 0 Å². The lowest BCUT2D eigenvalue weighted by Crippen LogP contribution is -2.01. The van der Waals surface area contributed by atoms with Crippen LogP contribution in [0.25, 0.3) is 43.6 Å². The second-order valence-electron chi connectivity index (χ2n) is 8.02. The zero-order valence-electron chi connectivity index (χ0n) is 17.8. The van der Waals surface area contributed by atoms with E-state index in [0.717, 1.165) is 24.6 Å². The Morgan fingerprint density at radius 1 is 0.406 bits per heavy atom. The molecule has 0 saturated carbocycles. The third-order valence-electron chi connectivity index (χ3n) is 6.24. The summed E-state index contributed by atoms with van der Waals surface area (Å²) in [4.78, 5) is 0. The molecule has 0 aliphatic rings. The molecule has 0 saturated heterocycles. The first-order chi connectivity index (χ1) is 15.9. The highest BCUT2D eigenvalue weighted by Gasteiger charge is 2.10. The molecule has 0 amide bonds. The summed E-state index contributed by atoms with van der Waals surface area (Å²) < 4.78 is 4.95. The van der Waals surface area contributed by atoms with Gasteiger partial charge in [-0.3, -0.25) is 0 Å². The van der Waals surface area contributed by atoms with Gasteiger partial charge >= 0.3 is 0 Å². The molecule has 2 aromatic heterocycles. The SMILES string of the molecule is c1ccc2c(c1)c1ccccc1n2CCSSCCn1c2ccccc2c2ccccc21. The fourth-order valence-corrected chi connectivity index (χ4v) is 6.77. The van der Waals surface area contributed by atoms with Crippen molar-refractivity contribution >= 4 is 65.2 Å². The summed E-state index contributed by atoms with van der Waals surface area (Å²) in [5, 5.41) is 5.42. The first-order valence-corrected chi connectivity index (χ1v) is 13.6. The molecule has 0 aliphatic heterocycles. The summed E-state index contributed by atoms with van der Waals surface area (Å²) in [5.74, 6) is 2.20. The summed E-state index contributed by atoms with van der Waals surface area (Å²) in [5.41, 5.74) is 5.35. The zero-order valence-corrected chi connectivity index (χ0v) is 19.4. The van der Waals surface area contributed by atoms with Gasteiger partial charge in [-0.2, -0.15) is 0 Å². The van der Waals surface area contributed by atoms with Gasteiger partial charge in [-0.05, 0) is 24.3 Å². The molecule has 2 nitrogen and oxygen atoms in total. The van der Waals surface area contributed by atoms with Crippen molar-refractivity contribution in [1.29, 1.82) is 0 Å². The Bertz CT molecular complexity index is 1320. The molecular weight excluding hydrogens is 428 g/mol. The molecule has 0 bridgehead atoms. The van der Waals surface area contributed by atoms with Crippen molar-refractivity contribution in [2.45, 2.75) is 13.1 Å². The van der Waals surface area contributed by atoms with Crippen LogP contribution in [0.4, 0.5) is 0 Å². The largest absolute Gasteiger partial charge is 0.340 e. The fourth-order valence-electron chi connectivity index (χ4n) is 4.86. The minimum absolute atomic E-state index is 1.03. The Kier molecular flexibility index (Phi) is 5.34. The van der Waals surface area contributed by atoms with E-state index in [0.29, 0.717) is 0 Å². The van der Waals surface area contributed by atoms with E-state index in [9.17, 15) is 0 Å². The van der Waals surface area contributed by atoms with Gasteiger partial charge in [0, 0.05) is 68.2 Å². The van der Waals surface area contributed by atoms with Crippen LogP contribution in [0.3, 0.4) is 0 Å². The second-order valence-corrected chi connectivity index (χ2v) is 10.7. The van der Waals surface area contributed by atoms with Gasteiger partial charge in [-0.1, -0.05) is 94.4 Å². The van der Waals surface area contributed by atoms with Crippen LogP contribution in [0.1, 0.15) is 0 Å². The Morgan fingerprint density at radius 3 is 1.00 bits per heavy atom. The number of rotatable bonds is 7.